The van der Waals surface area contributed by atoms with Crippen LogP contribution >= 0.6 is 0 Å². The number of hydrogen-bond acceptors (Lipinski definition) is 0. The third-order valence-corrected chi connectivity index (χ3v) is 121. The average molecular weight is 474 g/mol. The Hall–Kier alpha value is 3.12. The molecule has 1 aliphatic rings. The van der Waals surface area contributed by atoms with Crippen LogP contribution < -0.4 is 0 Å². The molecule has 0 radical (unpaired) electrons. The number of hydrogen-bond donors (Lipinski definition) is 0. The summed E-state index contributed by atoms with van der Waals surface area (Å²) >= 11 is 7.50. The quantitative estimate of drug-likeness (QED) is 0.348. The molecule has 1 rings (SSSR count). The van der Waals surface area contributed by atoms with Gasteiger partial charge in [0.25, 0.3) is 0 Å². The Balaban J connectivity index is 2.00. The van der Waals surface area contributed by atoms with Crippen LogP contribution in [0.15, 0.2) is 0 Å². The topological polar surface area (TPSA) is 0 Å². The molecular weight excluding hydrogens is 474 g/mol. The molecule has 0 nitrogen and oxygen atoms in total. The van der Waals surface area contributed by atoms with E-state index in [2.05, 4.69) is 0 Å². The molecule has 0 aromatic heterocycles. The van der Waals surface area contributed by atoms with Crippen molar-refractivity contribution in [1.29, 1.82) is 0 Å². The van der Waals surface area contributed by atoms with Gasteiger partial charge in [0.15, 0.2) is 0 Å². The van der Waals surface area contributed by atoms with Crippen molar-refractivity contribution in [3.63, 3.8) is 0 Å². The van der Waals surface area contributed by atoms with Crippen LogP contribution in [0.2, 0.25) is 0 Å². The Morgan fingerprint density at radius 3 is 0.667 bits per heavy atom. The molecule has 1 saturated heterocycles. The van der Waals surface area contributed by atoms with E-state index >= 15 is 0 Å². The second-order valence-electron chi connectivity index (χ2n) is 0.408. The van der Waals surface area contributed by atoms with Gasteiger partial charge in [-0.25, -0.2) is 0 Å². The molecule has 0 spiro atoms. The summed E-state index contributed by atoms with van der Waals surface area (Å²) in [4.78, 5) is 0. The minimum absolute atomic E-state index is 1.25. The second kappa shape index (κ2) is 4.95. The first-order valence-corrected chi connectivity index (χ1v) is 27.0. The van der Waals surface area contributed by atoms with E-state index in [0.717, 1.165) is 0 Å². The third kappa shape index (κ3) is 3.20. The van der Waals surface area contributed by atoms with E-state index < -0.39 is 0 Å². The van der Waals surface area contributed by atoms with Gasteiger partial charge in [-0.2, -0.15) is 0 Å². The Labute approximate surface area is 66.4 Å². The molecule has 0 aromatic carbocycles. The fourth-order valence-electron chi connectivity index (χ4n) is 0.0680. The van der Waals surface area contributed by atoms with Gasteiger partial charge in [0.2, 0.25) is 0 Å². The van der Waals surface area contributed by atoms with Crippen molar-refractivity contribution in [2.45, 2.75) is 0 Å². The van der Waals surface area contributed by atoms with Crippen LogP contribution in [-0.2, 0) is 0 Å². The van der Waals surface area contributed by atoms with Crippen molar-refractivity contribution in [3.8, 4) is 0 Å². The van der Waals surface area contributed by atoms with Crippen molar-refractivity contribution in [1.82, 2.24) is 0 Å². The van der Waals surface area contributed by atoms with Crippen molar-refractivity contribution in [2.75, 3.05) is 0 Å². The molecule has 0 aliphatic carbocycles. The predicted molar refractivity (Wildman–Crippen MR) is 34.5 cm³/mol. The molecule has 36 valence electrons. The van der Waals surface area contributed by atoms with E-state index in [1.165, 1.54) is 67.8 Å². The zero-order valence-electron chi connectivity index (χ0n) is 2.45. The van der Waals surface area contributed by atoms with Crippen LogP contribution in [0.25, 0.3) is 0 Å². The molecule has 0 unspecified atom stereocenters. The first kappa shape index (κ1) is 7.23. The van der Waals surface area contributed by atoms with Crippen molar-refractivity contribution >= 4 is 67.8 Å². The molecule has 6 heteroatoms. The van der Waals surface area contributed by atoms with Gasteiger partial charge in [0, 0.05) is 0 Å². The monoisotopic (exact) mass is 479 g/mol. The van der Waals surface area contributed by atoms with E-state index in [9.17, 15) is 0 Å². The van der Waals surface area contributed by atoms with Crippen LogP contribution in [0.5, 0.6) is 0 Å². The zero-order chi connectivity index (χ0) is 4.24. The van der Waals surface area contributed by atoms with Gasteiger partial charge in [0.05, 0.1) is 0 Å². The van der Waals surface area contributed by atoms with Gasteiger partial charge in [-0.05, 0) is 0 Å². The fraction of sp³-hybridized carbons (Fsp3) is 0. The first-order valence-electron chi connectivity index (χ1n) is 1.00. The van der Waals surface area contributed by atoms with E-state index in [1.54, 1.807) is 0 Å². The second-order valence-corrected chi connectivity index (χ2v) is 57.3. The molecular formula is Se6. The molecule has 0 atom stereocenters. The standard InChI is InChI=1S/Se6/c1-2-4-6-5-3-1. The van der Waals surface area contributed by atoms with Crippen molar-refractivity contribution in [2.24, 2.45) is 0 Å². The summed E-state index contributed by atoms with van der Waals surface area (Å²) in [6, 6.07) is 0. The summed E-state index contributed by atoms with van der Waals surface area (Å²) in [7, 11) is 0. The summed E-state index contributed by atoms with van der Waals surface area (Å²) in [5.74, 6) is 0. The molecule has 1 heterocycles. The summed E-state index contributed by atoms with van der Waals surface area (Å²) < 4.78 is 0. The predicted octanol–water partition coefficient (Wildman–Crippen LogP) is -2.28. The van der Waals surface area contributed by atoms with E-state index in [1.807, 2.05) is 0 Å². The zero-order valence-corrected chi connectivity index (χ0v) is 12.7. The first-order chi connectivity index (χ1) is 3.00. The molecule has 0 N–H and O–H groups in total. The molecule has 0 amide bonds. The third-order valence-electron chi connectivity index (χ3n) is 0.167. The fourth-order valence-corrected chi connectivity index (χ4v) is 258. The molecule has 6 heavy (non-hydrogen) atoms. The van der Waals surface area contributed by atoms with E-state index in [-0.39, 0.29) is 0 Å². The van der Waals surface area contributed by atoms with Crippen LogP contribution in [0.4, 0.5) is 0 Å². The van der Waals surface area contributed by atoms with Crippen molar-refractivity contribution in [3.05, 3.63) is 0 Å². The van der Waals surface area contributed by atoms with Crippen molar-refractivity contribution < 1.29 is 0 Å². The molecule has 1 aliphatic heterocycles. The van der Waals surface area contributed by atoms with E-state index in [4.69, 9.17) is 0 Å². The van der Waals surface area contributed by atoms with Gasteiger partial charge in [-0.1, -0.05) is 0 Å². The van der Waals surface area contributed by atoms with E-state index in [0.29, 0.717) is 0 Å². The van der Waals surface area contributed by atoms with Crippen LogP contribution in [0, 0.1) is 0 Å². The Morgan fingerprint density at radius 1 is 0.333 bits per heavy atom. The summed E-state index contributed by atoms with van der Waals surface area (Å²) in [6.45, 7) is 0. The maximum atomic E-state index is 1.25. The molecule has 0 saturated carbocycles. The van der Waals surface area contributed by atoms with Gasteiger partial charge in [0.1, 0.15) is 0 Å². The van der Waals surface area contributed by atoms with Gasteiger partial charge in [-0.3, -0.25) is 0 Å². The van der Waals surface area contributed by atoms with Gasteiger partial charge >= 0.3 is 67.8 Å². The van der Waals surface area contributed by atoms with Crippen LogP contribution in [0.1, 0.15) is 0 Å². The summed E-state index contributed by atoms with van der Waals surface area (Å²) in [5, 5.41) is 0. The summed E-state index contributed by atoms with van der Waals surface area (Å²) in [6.07, 6.45) is 0. The van der Waals surface area contributed by atoms with Gasteiger partial charge < -0.3 is 0 Å². The average Bonchev–Trinajstić information content (AvgIpc) is 1.72. The SMILES string of the molecule is [Se]1[Se][Se][Se][Se][Se]1. The Bertz CT molecular complexity index is 15.5. The normalized spacial score (nSPS) is 24.0. The molecule has 1 fully saturated rings. The minimum atomic E-state index is 1.25. The Morgan fingerprint density at radius 2 is 0.500 bits per heavy atom. The van der Waals surface area contributed by atoms with Crippen LogP contribution in [0.3, 0.4) is 0 Å². The Kier molecular flexibility index (Phi) is 5.96. The number of rotatable bonds is 0. The summed E-state index contributed by atoms with van der Waals surface area (Å²) in [5.41, 5.74) is 0. The molecule has 0 aromatic rings. The van der Waals surface area contributed by atoms with Gasteiger partial charge in [-0.15, -0.1) is 0 Å². The molecule has 0 bridgehead atoms. The van der Waals surface area contributed by atoms with Crippen LogP contribution in [-0.4, -0.2) is 67.8 Å². The maximum absolute atomic E-state index is 1.25.